The van der Waals surface area contributed by atoms with Gasteiger partial charge in [-0.1, -0.05) is 0 Å². The van der Waals surface area contributed by atoms with Gasteiger partial charge in [0.25, 0.3) is 0 Å². The number of phenolic OH excluding ortho intramolecular Hbond substituents is 4. The van der Waals surface area contributed by atoms with Crippen molar-refractivity contribution in [2.75, 3.05) is 6.61 Å². The molecular weight excluding hydrogens is 596 g/mol. The minimum absolute atomic E-state index is 0.259. The van der Waals surface area contributed by atoms with Crippen LogP contribution >= 0.6 is 0 Å². The van der Waals surface area contributed by atoms with Crippen molar-refractivity contribution in [3.63, 3.8) is 0 Å². The summed E-state index contributed by atoms with van der Waals surface area (Å²) in [6, 6.07) is 3.75. The Hall–Kier alpha value is -3.91. The van der Waals surface area contributed by atoms with Gasteiger partial charge in [0.05, 0.1) is 12.7 Å². The monoisotopic (exact) mass is 626 g/mol. The molecule has 2 aliphatic rings. The molecule has 0 spiro atoms. The van der Waals surface area contributed by atoms with Gasteiger partial charge in [-0.05, 0) is 19.1 Å². The molecule has 3 aromatic rings. The van der Waals surface area contributed by atoms with Crippen molar-refractivity contribution in [3.8, 4) is 45.8 Å². The lowest BCUT2D eigenvalue weighted by molar-refractivity contribution is -0.277. The summed E-state index contributed by atoms with van der Waals surface area (Å²) in [4.78, 5) is 13.7. The molecular formula is C27H30O17. The molecule has 11 N–H and O–H groups in total. The molecule has 1 aromatic heterocycles. The number of aliphatic hydroxyl groups excluding tert-OH is 7. The van der Waals surface area contributed by atoms with E-state index in [0.717, 1.165) is 24.3 Å². The highest BCUT2D eigenvalue weighted by Gasteiger charge is 2.46. The van der Waals surface area contributed by atoms with E-state index in [9.17, 15) is 61.0 Å². The maximum absolute atomic E-state index is 13.7. The van der Waals surface area contributed by atoms with Gasteiger partial charge >= 0.3 is 0 Å². The van der Waals surface area contributed by atoms with Crippen LogP contribution in [-0.2, 0) is 9.47 Å². The zero-order valence-corrected chi connectivity index (χ0v) is 22.7. The Morgan fingerprint density at radius 3 is 1.93 bits per heavy atom. The maximum atomic E-state index is 13.7. The molecule has 240 valence electrons. The predicted octanol–water partition coefficient (Wildman–Crippen LogP) is -2.33. The zero-order chi connectivity index (χ0) is 32.2. The molecule has 44 heavy (non-hydrogen) atoms. The summed E-state index contributed by atoms with van der Waals surface area (Å²) < 4.78 is 27.7. The van der Waals surface area contributed by atoms with Gasteiger partial charge in [-0.2, -0.15) is 0 Å². The van der Waals surface area contributed by atoms with Crippen molar-refractivity contribution in [1.82, 2.24) is 0 Å². The number of fused-ring (bicyclic) bond motifs is 1. The first-order chi connectivity index (χ1) is 20.7. The number of hydrogen-bond acceptors (Lipinski definition) is 17. The van der Waals surface area contributed by atoms with E-state index < -0.39 is 119 Å². The number of rotatable bonds is 6. The van der Waals surface area contributed by atoms with Crippen LogP contribution in [0.1, 0.15) is 6.92 Å². The molecule has 0 radical (unpaired) electrons. The number of ether oxygens (including phenoxy) is 4. The Bertz CT molecular complexity index is 1560. The highest BCUT2D eigenvalue weighted by molar-refractivity contribution is 5.88. The number of benzene rings is 2. The first-order valence-corrected chi connectivity index (χ1v) is 13.2. The quantitative estimate of drug-likeness (QED) is 0.128. The van der Waals surface area contributed by atoms with Crippen LogP contribution < -0.4 is 14.9 Å². The van der Waals surface area contributed by atoms with E-state index in [0.29, 0.717) is 0 Å². The average Bonchev–Trinajstić information content (AvgIpc) is 2.98. The SMILES string of the molecule is CC1OC(Oc2c(-c3cc(O)c(O)c(O)c3)oc3cc(OC4OC(CO)C(O)C(O)C4O)cc(O)c3c2=O)C(O)C(O)C1O. The molecule has 2 saturated heterocycles. The summed E-state index contributed by atoms with van der Waals surface area (Å²) in [5.74, 6) is -4.92. The summed E-state index contributed by atoms with van der Waals surface area (Å²) in [6.07, 6.45) is -16.2. The summed E-state index contributed by atoms with van der Waals surface area (Å²) >= 11 is 0. The lowest BCUT2D eigenvalue weighted by Gasteiger charge is -2.39. The molecule has 5 rings (SSSR count). The average molecular weight is 627 g/mol. The van der Waals surface area contributed by atoms with Crippen molar-refractivity contribution >= 4 is 11.0 Å². The van der Waals surface area contributed by atoms with Crippen LogP contribution in [0.15, 0.2) is 33.5 Å². The van der Waals surface area contributed by atoms with Gasteiger partial charge in [-0.3, -0.25) is 4.79 Å². The molecule has 10 atom stereocenters. The van der Waals surface area contributed by atoms with E-state index in [2.05, 4.69) is 0 Å². The Kier molecular flexibility index (Phi) is 8.51. The normalized spacial score (nSPS) is 32.5. The van der Waals surface area contributed by atoms with Crippen LogP contribution in [0.4, 0.5) is 0 Å². The first-order valence-electron chi connectivity index (χ1n) is 13.2. The van der Waals surface area contributed by atoms with Crippen molar-refractivity contribution < 1.29 is 79.5 Å². The highest BCUT2D eigenvalue weighted by atomic mass is 16.7. The third-order valence-electron chi connectivity index (χ3n) is 7.38. The third-order valence-corrected chi connectivity index (χ3v) is 7.38. The van der Waals surface area contributed by atoms with E-state index in [1.807, 2.05) is 0 Å². The molecule has 17 nitrogen and oxygen atoms in total. The van der Waals surface area contributed by atoms with Crippen LogP contribution in [-0.4, -0.2) is 124 Å². The maximum Gasteiger partial charge on any atom is 0.239 e. The first kappa shape index (κ1) is 31.5. The lowest BCUT2D eigenvalue weighted by Crippen LogP contribution is -2.60. The Labute approximate surface area is 246 Å². The molecule has 0 amide bonds. The fourth-order valence-electron chi connectivity index (χ4n) is 4.88. The van der Waals surface area contributed by atoms with Crippen molar-refractivity contribution in [1.29, 1.82) is 0 Å². The summed E-state index contributed by atoms with van der Waals surface area (Å²) in [7, 11) is 0. The number of phenols is 4. The lowest BCUT2D eigenvalue weighted by atomic mass is 9.99. The van der Waals surface area contributed by atoms with E-state index in [4.69, 9.17) is 23.4 Å². The molecule has 2 aliphatic heterocycles. The van der Waals surface area contributed by atoms with Crippen LogP contribution in [0.25, 0.3) is 22.3 Å². The molecule has 2 fully saturated rings. The van der Waals surface area contributed by atoms with Crippen LogP contribution in [0, 0.1) is 0 Å². The van der Waals surface area contributed by atoms with E-state index >= 15 is 0 Å². The second kappa shape index (κ2) is 11.9. The van der Waals surface area contributed by atoms with E-state index in [1.165, 1.54) is 6.92 Å². The van der Waals surface area contributed by atoms with Gasteiger partial charge in [0, 0.05) is 17.7 Å². The van der Waals surface area contributed by atoms with Crippen LogP contribution in [0.3, 0.4) is 0 Å². The Morgan fingerprint density at radius 1 is 0.727 bits per heavy atom. The van der Waals surface area contributed by atoms with Crippen molar-refractivity contribution in [3.05, 3.63) is 34.5 Å². The third kappa shape index (κ3) is 5.45. The molecule has 17 heteroatoms. The van der Waals surface area contributed by atoms with Gasteiger partial charge in [-0.25, -0.2) is 0 Å². The largest absolute Gasteiger partial charge is 0.507 e. The Morgan fingerprint density at radius 2 is 1.32 bits per heavy atom. The highest BCUT2D eigenvalue weighted by Crippen LogP contribution is 2.43. The topological polar surface area (TPSA) is 290 Å². The fourth-order valence-corrected chi connectivity index (χ4v) is 4.88. The fraction of sp³-hybridized carbons (Fsp3) is 0.444. The van der Waals surface area contributed by atoms with Crippen molar-refractivity contribution in [2.45, 2.75) is 68.3 Å². The van der Waals surface area contributed by atoms with Crippen LogP contribution in [0.5, 0.6) is 34.5 Å². The smallest absolute Gasteiger partial charge is 0.239 e. The van der Waals surface area contributed by atoms with Gasteiger partial charge in [-0.15, -0.1) is 0 Å². The van der Waals surface area contributed by atoms with Crippen molar-refractivity contribution in [2.24, 2.45) is 0 Å². The molecule has 0 aliphatic carbocycles. The molecule has 3 heterocycles. The summed E-state index contributed by atoms with van der Waals surface area (Å²) in [5.41, 5.74) is -1.75. The molecule has 0 bridgehead atoms. The molecule has 2 aromatic carbocycles. The summed E-state index contributed by atoms with van der Waals surface area (Å²) in [6.45, 7) is 0.619. The minimum Gasteiger partial charge on any atom is -0.507 e. The standard InChI is InChI=1S/C27H30O17/c1-7-16(32)20(36)22(38)26(40-7)44-25-19(35)15-10(29)4-9(41-27-23(39)21(37)18(34)14(6-28)43-27)5-13(15)42-24(25)8-2-11(30)17(33)12(31)3-8/h2-5,7,14,16,18,20-23,26-34,36-39H,6H2,1H3. The molecule has 10 unspecified atom stereocenters. The van der Waals surface area contributed by atoms with Crippen LogP contribution in [0.2, 0.25) is 0 Å². The number of aliphatic hydroxyl groups is 7. The van der Waals surface area contributed by atoms with E-state index in [-0.39, 0.29) is 11.3 Å². The van der Waals surface area contributed by atoms with Gasteiger partial charge in [0.15, 0.2) is 23.0 Å². The number of aromatic hydroxyl groups is 4. The molecule has 0 saturated carbocycles. The zero-order valence-electron chi connectivity index (χ0n) is 22.7. The van der Waals surface area contributed by atoms with Gasteiger partial charge in [0.2, 0.25) is 23.8 Å². The second-order valence-electron chi connectivity index (χ2n) is 10.4. The predicted molar refractivity (Wildman–Crippen MR) is 142 cm³/mol. The van der Waals surface area contributed by atoms with Gasteiger partial charge in [0.1, 0.15) is 65.2 Å². The van der Waals surface area contributed by atoms with Gasteiger partial charge < -0.3 is 79.5 Å². The number of hydrogen-bond donors (Lipinski definition) is 11. The van der Waals surface area contributed by atoms with E-state index in [1.54, 1.807) is 0 Å². The Balaban J connectivity index is 1.62. The minimum atomic E-state index is -1.88. The summed E-state index contributed by atoms with van der Waals surface area (Å²) in [5, 5.41) is 111. The second-order valence-corrected chi connectivity index (χ2v) is 10.4.